The maximum Gasteiger partial charge on any atom is 0.240 e. The van der Waals surface area contributed by atoms with Gasteiger partial charge in [-0.3, -0.25) is 4.90 Å². The van der Waals surface area contributed by atoms with Crippen LogP contribution in [0.25, 0.3) is 0 Å². The van der Waals surface area contributed by atoms with Crippen molar-refractivity contribution in [2.45, 2.75) is 13.1 Å². The van der Waals surface area contributed by atoms with E-state index in [0.717, 1.165) is 26.2 Å². The summed E-state index contributed by atoms with van der Waals surface area (Å²) in [5.74, 6) is 0.932. The van der Waals surface area contributed by atoms with Gasteiger partial charge in [-0.2, -0.15) is 4.98 Å². The average molecular weight is 291 g/mol. The lowest BCUT2D eigenvalue weighted by Crippen LogP contribution is -2.46. The second-order valence-electron chi connectivity index (χ2n) is 5.02. The van der Waals surface area contributed by atoms with Crippen LogP contribution < -0.4 is 10.6 Å². The number of nitrogens with zero attached hydrogens (tertiary/aromatic N) is 4. The number of benzene rings is 1. The summed E-state index contributed by atoms with van der Waals surface area (Å²) in [6, 6.07) is 6.88. The van der Waals surface area contributed by atoms with Crippen LogP contribution in [0.3, 0.4) is 0 Å². The Hall–Kier alpha value is -1.99. The molecule has 1 aliphatic heterocycles. The molecule has 1 aromatic heterocycles. The fourth-order valence-corrected chi connectivity index (χ4v) is 2.49. The number of aromatic nitrogens is 2. The van der Waals surface area contributed by atoms with E-state index in [1.807, 2.05) is 12.1 Å². The average Bonchev–Trinajstić information content (AvgIpc) is 2.96. The molecule has 0 saturated carbocycles. The van der Waals surface area contributed by atoms with Crippen molar-refractivity contribution in [1.29, 1.82) is 0 Å². The van der Waals surface area contributed by atoms with Crippen molar-refractivity contribution in [2.75, 3.05) is 31.1 Å². The zero-order valence-electron chi connectivity index (χ0n) is 11.7. The fraction of sp³-hybridized carbons (Fsp3) is 0.429. The largest absolute Gasteiger partial charge is 0.367 e. The lowest BCUT2D eigenvalue weighted by molar-refractivity contribution is 0.239. The monoisotopic (exact) mass is 291 g/mol. The zero-order valence-corrected chi connectivity index (χ0v) is 11.7. The second-order valence-corrected chi connectivity index (χ2v) is 5.02. The number of hydrogen-bond acceptors (Lipinski definition) is 6. The highest BCUT2D eigenvalue weighted by Crippen LogP contribution is 2.20. The fourth-order valence-electron chi connectivity index (χ4n) is 2.49. The van der Waals surface area contributed by atoms with Gasteiger partial charge in [0, 0.05) is 26.2 Å². The van der Waals surface area contributed by atoms with Crippen LogP contribution in [0, 0.1) is 5.82 Å². The first kappa shape index (κ1) is 14.0. The van der Waals surface area contributed by atoms with E-state index in [2.05, 4.69) is 19.9 Å². The normalized spacial score (nSPS) is 16.4. The number of nitrogens with two attached hydrogens (primary N) is 1. The van der Waals surface area contributed by atoms with Crippen LogP contribution >= 0.6 is 0 Å². The topological polar surface area (TPSA) is 71.4 Å². The molecule has 2 N–H and O–H groups in total. The number of para-hydroxylation sites is 1. The number of anilines is 1. The van der Waals surface area contributed by atoms with Gasteiger partial charge in [-0.25, -0.2) is 4.39 Å². The maximum atomic E-state index is 13.8. The quantitative estimate of drug-likeness (QED) is 0.906. The molecule has 0 unspecified atom stereocenters. The Morgan fingerprint density at radius 2 is 1.95 bits per heavy atom. The van der Waals surface area contributed by atoms with E-state index in [1.165, 1.54) is 6.07 Å². The Bertz CT molecular complexity index is 595. The third-order valence-corrected chi connectivity index (χ3v) is 3.62. The summed E-state index contributed by atoms with van der Waals surface area (Å²) in [6.07, 6.45) is 0. The van der Waals surface area contributed by atoms with Crippen LogP contribution in [0.15, 0.2) is 28.8 Å². The Morgan fingerprint density at radius 3 is 2.62 bits per heavy atom. The molecule has 1 aromatic carbocycles. The molecule has 21 heavy (non-hydrogen) atoms. The summed E-state index contributed by atoms with van der Waals surface area (Å²) in [5, 5.41) is 3.89. The van der Waals surface area contributed by atoms with Gasteiger partial charge in [0.2, 0.25) is 5.89 Å². The number of hydrogen-bond donors (Lipinski definition) is 1. The molecular weight excluding hydrogens is 273 g/mol. The van der Waals surface area contributed by atoms with Gasteiger partial charge in [0.15, 0.2) is 5.82 Å². The molecule has 0 aliphatic carbocycles. The standard InChI is InChI=1S/C14H18FN5O/c15-11-3-1-2-4-12(11)20-7-5-19(6-8-20)10-13-17-14(9-16)21-18-13/h1-4H,5-10,16H2. The summed E-state index contributed by atoms with van der Waals surface area (Å²) >= 11 is 0. The van der Waals surface area contributed by atoms with Crippen LogP contribution in [0.2, 0.25) is 0 Å². The van der Waals surface area contributed by atoms with Crippen molar-refractivity contribution >= 4 is 5.69 Å². The molecule has 7 heteroatoms. The summed E-state index contributed by atoms with van der Waals surface area (Å²) in [6.45, 7) is 4.12. The number of rotatable bonds is 4. The predicted octanol–water partition coefficient (Wildman–Crippen LogP) is 0.990. The van der Waals surface area contributed by atoms with E-state index >= 15 is 0 Å². The van der Waals surface area contributed by atoms with E-state index < -0.39 is 0 Å². The van der Waals surface area contributed by atoms with Crippen molar-refractivity contribution in [2.24, 2.45) is 5.73 Å². The lowest BCUT2D eigenvalue weighted by atomic mass is 10.2. The molecular formula is C14H18FN5O. The molecule has 0 spiro atoms. The Morgan fingerprint density at radius 1 is 1.19 bits per heavy atom. The van der Waals surface area contributed by atoms with Crippen LogP contribution in [-0.4, -0.2) is 41.2 Å². The van der Waals surface area contributed by atoms with Crippen LogP contribution in [0.5, 0.6) is 0 Å². The van der Waals surface area contributed by atoms with E-state index in [0.29, 0.717) is 23.9 Å². The molecule has 1 fully saturated rings. The highest BCUT2D eigenvalue weighted by molar-refractivity contribution is 5.47. The van der Waals surface area contributed by atoms with E-state index in [-0.39, 0.29) is 12.4 Å². The molecule has 0 radical (unpaired) electrons. The van der Waals surface area contributed by atoms with E-state index in [9.17, 15) is 4.39 Å². The molecule has 0 amide bonds. The Labute approximate surface area is 122 Å². The molecule has 2 heterocycles. The third-order valence-electron chi connectivity index (χ3n) is 3.62. The SMILES string of the molecule is NCc1nc(CN2CCN(c3ccccc3F)CC2)no1. The van der Waals surface area contributed by atoms with E-state index in [1.54, 1.807) is 6.07 Å². The van der Waals surface area contributed by atoms with Gasteiger partial charge in [0.25, 0.3) is 0 Å². The van der Waals surface area contributed by atoms with Gasteiger partial charge in [-0.05, 0) is 12.1 Å². The van der Waals surface area contributed by atoms with Crippen molar-refractivity contribution in [3.05, 3.63) is 41.8 Å². The molecule has 2 aromatic rings. The van der Waals surface area contributed by atoms with Crippen molar-refractivity contribution in [3.8, 4) is 0 Å². The van der Waals surface area contributed by atoms with Gasteiger partial charge < -0.3 is 15.2 Å². The summed E-state index contributed by atoms with van der Waals surface area (Å²) < 4.78 is 18.7. The van der Waals surface area contributed by atoms with Crippen LogP contribution in [0.1, 0.15) is 11.7 Å². The second kappa shape index (κ2) is 6.19. The minimum atomic E-state index is -0.170. The summed E-state index contributed by atoms with van der Waals surface area (Å²) in [4.78, 5) is 8.48. The van der Waals surface area contributed by atoms with Crippen molar-refractivity contribution in [3.63, 3.8) is 0 Å². The van der Waals surface area contributed by atoms with Crippen molar-refractivity contribution in [1.82, 2.24) is 15.0 Å². The summed E-state index contributed by atoms with van der Waals surface area (Å²) in [7, 11) is 0. The first-order valence-corrected chi connectivity index (χ1v) is 6.99. The van der Waals surface area contributed by atoms with Crippen LogP contribution in [-0.2, 0) is 13.1 Å². The molecule has 0 bridgehead atoms. The molecule has 1 aliphatic rings. The molecule has 1 saturated heterocycles. The Kier molecular flexibility index (Phi) is 4.12. The minimum absolute atomic E-state index is 0.170. The first-order valence-electron chi connectivity index (χ1n) is 6.99. The highest BCUT2D eigenvalue weighted by Gasteiger charge is 2.20. The zero-order chi connectivity index (χ0) is 14.7. The maximum absolute atomic E-state index is 13.8. The smallest absolute Gasteiger partial charge is 0.240 e. The lowest BCUT2D eigenvalue weighted by Gasteiger charge is -2.35. The Balaban J connectivity index is 1.56. The summed E-state index contributed by atoms with van der Waals surface area (Å²) in [5.41, 5.74) is 6.11. The van der Waals surface area contributed by atoms with Gasteiger partial charge >= 0.3 is 0 Å². The first-order chi connectivity index (χ1) is 10.3. The number of piperazine rings is 1. The van der Waals surface area contributed by atoms with Crippen LogP contribution in [0.4, 0.5) is 10.1 Å². The van der Waals surface area contributed by atoms with Gasteiger partial charge in [0.1, 0.15) is 5.82 Å². The third kappa shape index (κ3) is 3.20. The van der Waals surface area contributed by atoms with Gasteiger partial charge in [-0.15, -0.1) is 0 Å². The molecule has 0 atom stereocenters. The van der Waals surface area contributed by atoms with E-state index in [4.69, 9.17) is 10.3 Å². The number of halogens is 1. The minimum Gasteiger partial charge on any atom is -0.367 e. The van der Waals surface area contributed by atoms with Gasteiger partial charge in [-0.1, -0.05) is 17.3 Å². The molecule has 3 rings (SSSR count). The van der Waals surface area contributed by atoms with Gasteiger partial charge in [0.05, 0.1) is 18.8 Å². The molecule has 6 nitrogen and oxygen atoms in total. The predicted molar refractivity (Wildman–Crippen MR) is 76.1 cm³/mol. The van der Waals surface area contributed by atoms with Crippen molar-refractivity contribution < 1.29 is 8.91 Å². The highest BCUT2D eigenvalue weighted by atomic mass is 19.1. The molecule has 112 valence electrons.